The third-order valence-electron chi connectivity index (χ3n) is 4.05. The fourth-order valence-corrected chi connectivity index (χ4v) is 2.98. The monoisotopic (exact) mass is 267 g/mol. The summed E-state index contributed by atoms with van der Waals surface area (Å²) < 4.78 is 26.5. The zero-order chi connectivity index (χ0) is 14.2. The van der Waals surface area contributed by atoms with Crippen molar-refractivity contribution in [1.82, 2.24) is 4.90 Å². The Kier molecular flexibility index (Phi) is 3.95. The van der Waals surface area contributed by atoms with Crippen LogP contribution in [-0.4, -0.2) is 17.0 Å². The van der Waals surface area contributed by atoms with Gasteiger partial charge >= 0.3 is 0 Å². The smallest absolute Gasteiger partial charge is 0.159 e. The van der Waals surface area contributed by atoms with Gasteiger partial charge in [-0.25, -0.2) is 8.78 Å². The Labute approximate surface area is 114 Å². The molecule has 1 aliphatic rings. The molecule has 0 spiro atoms. The maximum Gasteiger partial charge on any atom is 0.159 e. The van der Waals surface area contributed by atoms with Gasteiger partial charge in [-0.05, 0) is 63.8 Å². The average Bonchev–Trinajstić information content (AvgIpc) is 2.31. The van der Waals surface area contributed by atoms with E-state index in [-0.39, 0.29) is 11.6 Å². The van der Waals surface area contributed by atoms with Gasteiger partial charge in [0.05, 0.1) is 0 Å². The number of likely N-dealkylation sites (tertiary alicyclic amines) is 1. The van der Waals surface area contributed by atoms with E-state index in [2.05, 4.69) is 32.6 Å². The van der Waals surface area contributed by atoms with Gasteiger partial charge in [0.2, 0.25) is 0 Å². The van der Waals surface area contributed by atoms with E-state index in [1.54, 1.807) is 6.07 Å². The largest absolute Gasteiger partial charge is 0.291 e. The van der Waals surface area contributed by atoms with Crippen LogP contribution in [0.2, 0.25) is 0 Å². The predicted molar refractivity (Wildman–Crippen MR) is 74.0 cm³/mol. The summed E-state index contributed by atoms with van der Waals surface area (Å²) in [7, 11) is 0. The minimum absolute atomic E-state index is 0.0374. The number of halogens is 2. The van der Waals surface area contributed by atoms with Crippen LogP contribution in [0.25, 0.3) is 0 Å². The lowest BCUT2D eigenvalue weighted by Gasteiger charge is -2.46. The van der Waals surface area contributed by atoms with Gasteiger partial charge in [-0.3, -0.25) is 4.90 Å². The molecule has 2 rings (SSSR count). The molecule has 0 aliphatic carbocycles. The molecular formula is C16H23F2N. The number of hydrogen-bond acceptors (Lipinski definition) is 1. The summed E-state index contributed by atoms with van der Waals surface area (Å²) in [5, 5.41) is 0. The van der Waals surface area contributed by atoms with Gasteiger partial charge in [0.25, 0.3) is 0 Å². The highest BCUT2D eigenvalue weighted by Crippen LogP contribution is 2.38. The second-order valence-electron chi connectivity index (χ2n) is 6.68. The first-order valence-electron chi connectivity index (χ1n) is 7.00. The first-order valence-corrected chi connectivity index (χ1v) is 7.00. The number of hydrogen-bond donors (Lipinski definition) is 0. The van der Waals surface area contributed by atoms with Crippen LogP contribution in [0.4, 0.5) is 8.78 Å². The summed E-state index contributed by atoms with van der Waals surface area (Å²) in [6.45, 7) is 9.77. The Balaban J connectivity index is 2.34. The van der Waals surface area contributed by atoms with E-state index in [9.17, 15) is 8.78 Å². The van der Waals surface area contributed by atoms with Crippen LogP contribution in [0.1, 0.15) is 52.1 Å². The highest BCUT2D eigenvalue weighted by atomic mass is 19.2. The molecule has 106 valence electrons. The summed E-state index contributed by atoms with van der Waals surface area (Å²) in [5.74, 6) is -0.892. The highest BCUT2D eigenvalue weighted by molar-refractivity contribution is 5.22. The van der Waals surface area contributed by atoms with Crippen molar-refractivity contribution in [2.24, 2.45) is 5.92 Å². The van der Waals surface area contributed by atoms with Crippen LogP contribution in [0, 0.1) is 17.6 Å². The first-order chi connectivity index (χ1) is 8.79. The summed E-state index contributed by atoms with van der Waals surface area (Å²) >= 11 is 0. The molecule has 1 aromatic rings. The lowest BCUT2D eigenvalue weighted by atomic mass is 9.85. The molecule has 1 heterocycles. The van der Waals surface area contributed by atoms with E-state index in [0.29, 0.717) is 5.92 Å². The lowest BCUT2D eigenvalue weighted by molar-refractivity contribution is 0.0324. The third-order valence-corrected chi connectivity index (χ3v) is 4.05. The maximum absolute atomic E-state index is 13.5. The number of nitrogens with zero attached hydrogens (tertiary/aromatic N) is 1. The Morgan fingerprint density at radius 1 is 1.16 bits per heavy atom. The Bertz CT molecular complexity index is 451. The van der Waals surface area contributed by atoms with Gasteiger partial charge in [-0.1, -0.05) is 13.0 Å². The number of benzene rings is 1. The fourth-order valence-electron chi connectivity index (χ4n) is 2.98. The number of piperidine rings is 1. The maximum atomic E-state index is 13.5. The molecule has 1 saturated heterocycles. The molecule has 0 saturated carbocycles. The van der Waals surface area contributed by atoms with Crippen LogP contribution < -0.4 is 0 Å². The molecule has 3 heteroatoms. The van der Waals surface area contributed by atoms with E-state index in [4.69, 9.17) is 0 Å². The van der Waals surface area contributed by atoms with Gasteiger partial charge in [0.15, 0.2) is 11.6 Å². The summed E-state index contributed by atoms with van der Waals surface area (Å²) in [5.41, 5.74) is 0.927. The van der Waals surface area contributed by atoms with E-state index in [1.165, 1.54) is 12.1 Å². The minimum atomic E-state index is -0.769. The van der Waals surface area contributed by atoms with Gasteiger partial charge < -0.3 is 0 Å². The molecule has 0 radical (unpaired) electrons. The van der Waals surface area contributed by atoms with Crippen molar-refractivity contribution in [3.63, 3.8) is 0 Å². The Hall–Kier alpha value is -0.960. The predicted octanol–water partition coefficient (Wildman–Crippen LogP) is 4.54. The second-order valence-corrected chi connectivity index (χ2v) is 6.68. The van der Waals surface area contributed by atoms with E-state index < -0.39 is 11.6 Å². The third kappa shape index (κ3) is 3.14. The molecule has 0 amide bonds. The molecule has 2 atom stereocenters. The van der Waals surface area contributed by atoms with Gasteiger partial charge in [0.1, 0.15) is 0 Å². The zero-order valence-electron chi connectivity index (χ0n) is 12.2. The standard InChI is InChI=1S/C16H23F2N/c1-11-7-8-19(16(2,3)4)15(9-11)12-5-6-13(17)14(18)10-12/h5-6,10-11,15H,7-9H2,1-4H3/t11-,15-/m1/s1. The van der Waals surface area contributed by atoms with Gasteiger partial charge in [-0.15, -0.1) is 0 Å². The molecule has 0 bridgehead atoms. The van der Waals surface area contributed by atoms with E-state index in [0.717, 1.165) is 24.9 Å². The topological polar surface area (TPSA) is 3.24 Å². The lowest BCUT2D eigenvalue weighted by Crippen LogP contribution is -2.47. The number of rotatable bonds is 1. The van der Waals surface area contributed by atoms with Crippen molar-refractivity contribution in [3.05, 3.63) is 35.4 Å². The molecule has 1 fully saturated rings. The second kappa shape index (κ2) is 5.20. The van der Waals surface area contributed by atoms with Crippen LogP contribution >= 0.6 is 0 Å². The summed E-state index contributed by atoms with van der Waals surface area (Å²) in [4.78, 5) is 2.40. The van der Waals surface area contributed by atoms with Crippen molar-refractivity contribution in [3.8, 4) is 0 Å². The molecule has 0 aromatic heterocycles. The summed E-state index contributed by atoms with van der Waals surface area (Å²) in [6, 6.07) is 4.50. The van der Waals surface area contributed by atoms with Crippen LogP contribution in [0.5, 0.6) is 0 Å². The first kappa shape index (κ1) is 14.4. The van der Waals surface area contributed by atoms with E-state index in [1.807, 2.05) is 0 Å². The zero-order valence-corrected chi connectivity index (χ0v) is 12.2. The van der Waals surface area contributed by atoms with Gasteiger partial charge in [0, 0.05) is 11.6 Å². The van der Waals surface area contributed by atoms with Crippen molar-refractivity contribution in [2.45, 2.75) is 52.1 Å². The van der Waals surface area contributed by atoms with Crippen molar-refractivity contribution < 1.29 is 8.78 Å². The summed E-state index contributed by atoms with van der Waals surface area (Å²) in [6.07, 6.45) is 2.17. The molecule has 1 aliphatic heterocycles. The van der Waals surface area contributed by atoms with Crippen LogP contribution in [0.3, 0.4) is 0 Å². The Morgan fingerprint density at radius 3 is 2.42 bits per heavy atom. The molecular weight excluding hydrogens is 244 g/mol. The quantitative estimate of drug-likeness (QED) is 0.722. The van der Waals surface area contributed by atoms with Gasteiger partial charge in [-0.2, -0.15) is 0 Å². The Morgan fingerprint density at radius 2 is 1.84 bits per heavy atom. The van der Waals surface area contributed by atoms with Crippen LogP contribution in [-0.2, 0) is 0 Å². The molecule has 0 unspecified atom stereocenters. The normalized spacial score (nSPS) is 25.6. The van der Waals surface area contributed by atoms with E-state index >= 15 is 0 Å². The minimum Gasteiger partial charge on any atom is -0.291 e. The van der Waals surface area contributed by atoms with Crippen LogP contribution in [0.15, 0.2) is 18.2 Å². The molecule has 19 heavy (non-hydrogen) atoms. The molecule has 0 N–H and O–H groups in total. The SMILES string of the molecule is C[C@@H]1CCN(C(C)(C)C)[C@@H](c2ccc(F)c(F)c2)C1. The molecule has 1 aromatic carbocycles. The molecule has 1 nitrogen and oxygen atoms in total. The fraction of sp³-hybridized carbons (Fsp3) is 0.625. The van der Waals surface area contributed by atoms with Crippen molar-refractivity contribution >= 4 is 0 Å². The van der Waals surface area contributed by atoms with Crippen molar-refractivity contribution in [1.29, 1.82) is 0 Å². The van der Waals surface area contributed by atoms with Crippen molar-refractivity contribution in [2.75, 3.05) is 6.54 Å². The average molecular weight is 267 g/mol. The highest BCUT2D eigenvalue weighted by Gasteiger charge is 2.34.